The Morgan fingerprint density at radius 3 is 2.93 bits per heavy atom. The van der Waals surface area contributed by atoms with Crippen molar-refractivity contribution in [2.75, 3.05) is 6.54 Å². The van der Waals surface area contributed by atoms with Crippen molar-refractivity contribution in [2.45, 2.75) is 44.1 Å². The third-order valence-electron chi connectivity index (χ3n) is 3.81. The van der Waals surface area contributed by atoms with Gasteiger partial charge in [0.2, 0.25) is 0 Å². The molecule has 0 bridgehead atoms. The Morgan fingerprint density at radius 2 is 2.20 bits per heavy atom. The highest BCUT2D eigenvalue weighted by molar-refractivity contribution is 7.10. The molecular weight excluding hydrogens is 202 g/mol. The first-order chi connectivity index (χ1) is 7.43. The van der Waals surface area contributed by atoms with Crippen LogP contribution in [0.4, 0.5) is 0 Å². The van der Waals surface area contributed by atoms with Crippen molar-refractivity contribution in [3.63, 3.8) is 0 Å². The largest absolute Gasteiger partial charge is 0.314 e. The summed E-state index contributed by atoms with van der Waals surface area (Å²) in [6.45, 7) is 1.26. The summed E-state index contributed by atoms with van der Waals surface area (Å²) in [4.78, 5) is 1.62. The summed E-state index contributed by atoms with van der Waals surface area (Å²) in [5.74, 6) is 1.76. The molecular formula is C13H19NS. The molecule has 0 spiro atoms. The fraction of sp³-hybridized carbons (Fsp3) is 0.692. The van der Waals surface area contributed by atoms with Crippen LogP contribution in [0.5, 0.6) is 0 Å². The van der Waals surface area contributed by atoms with E-state index in [1.807, 2.05) is 11.3 Å². The zero-order valence-corrected chi connectivity index (χ0v) is 9.93. The molecule has 3 rings (SSSR count). The molecule has 2 saturated carbocycles. The molecule has 2 fully saturated rings. The topological polar surface area (TPSA) is 12.0 Å². The summed E-state index contributed by atoms with van der Waals surface area (Å²) in [5.41, 5.74) is 0. The molecule has 0 amide bonds. The average Bonchev–Trinajstić information content (AvgIpc) is 2.79. The second-order valence-corrected chi connectivity index (χ2v) is 5.97. The van der Waals surface area contributed by atoms with Crippen molar-refractivity contribution in [2.24, 2.45) is 5.92 Å². The Hall–Kier alpha value is -0.340. The van der Waals surface area contributed by atoms with Gasteiger partial charge in [-0.2, -0.15) is 0 Å². The van der Waals surface area contributed by atoms with Gasteiger partial charge in [0.1, 0.15) is 0 Å². The van der Waals surface area contributed by atoms with Crippen LogP contribution >= 0.6 is 11.3 Å². The molecule has 2 aliphatic rings. The normalized spacial score (nSPS) is 30.9. The van der Waals surface area contributed by atoms with Crippen LogP contribution in [-0.2, 0) is 0 Å². The van der Waals surface area contributed by atoms with E-state index in [4.69, 9.17) is 0 Å². The molecule has 0 saturated heterocycles. The van der Waals surface area contributed by atoms with Crippen LogP contribution in [0.1, 0.15) is 42.9 Å². The Kier molecular flexibility index (Phi) is 2.80. The molecule has 1 aromatic rings. The summed E-state index contributed by atoms with van der Waals surface area (Å²) >= 11 is 1.95. The van der Waals surface area contributed by atoms with Crippen LogP contribution in [0, 0.1) is 5.92 Å². The summed E-state index contributed by atoms with van der Waals surface area (Å²) in [6, 6.07) is 5.39. The fourth-order valence-corrected chi connectivity index (χ4v) is 3.72. The monoisotopic (exact) mass is 221 g/mol. The number of nitrogens with one attached hydrogen (secondary N) is 1. The summed E-state index contributed by atoms with van der Waals surface area (Å²) < 4.78 is 0. The van der Waals surface area contributed by atoms with Gasteiger partial charge in [-0.15, -0.1) is 11.3 Å². The molecule has 2 heteroatoms. The minimum atomic E-state index is 0.858. The first kappa shape index (κ1) is 9.86. The van der Waals surface area contributed by atoms with Crippen molar-refractivity contribution in [1.82, 2.24) is 5.32 Å². The molecule has 2 atom stereocenters. The van der Waals surface area contributed by atoms with E-state index in [1.165, 1.54) is 38.6 Å². The summed E-state index contributed by atoms with van der Waals surface area (Å²) in [7, 11) is 0. The highest BCUT2D eigenvalue weighted by Gasteiger charge is 2.30. The van der Waals surface area contributed by atoms with Crippen LogP contribution in [0.2, 0.25) is 0 Å². The van der Waals surface area contributed by atoms with Gasteiger partial charge in [0.25, 0.3) is 0 Å². The Bertz CT molecular complexity index is 302. The molecule has 0 aliphatic heterocycles. The van der Waals surface area contributed by atoms with Crippen LogP contribution in [0.3, 0.4) is 0 Å². The van der Waals surface area contributed by atoms with E-state index in [2.05, 4.69) is 22.8 Å². The molecule has 0 radical (unpaired) electrons. The quantitative estimate of drug-likeness (QED) is 0.822. The third kappa shape index (κ3) is 2.26. The second kappa shape index (κ2) is 4.26. The first-order valence-electron chi connectivity index (χ1n) is 6.20. The van der Waals surface area contributed by atoms with E-state index < -0.39 is 0 Å². The predicted molar refractivity (Wildman–Crippen MR) is 65.4 cm³/mol. The maximum absolute atomic E-state index is 3.70. The average molecular weight is 221 g/mol. The van der Waals surface area contributed by atoms with E-state index in [0.29, 0.717) is 0 Å². The summed E-state index contributed by atoms with van der Waals surface area (Å²) in [6.07, 6.45) is 7.10. The molecule has 2 unspecified atom stereocenters. The van der Waals surface area contributed by atoms with Gasteiger partial charge in [0, 0.05) is 10.9 Å². The number of hydrogen-bond acceptors (Lipinski definition) is 2. The van der Waals surface area contributed by atoms with Gasteiger partial charge in [-0.25, -0.2) is 0 Å². The van der Waals surface area contributed by atoms with Crippen LogP contribution in [0.25, 0.3) is 0 Å². The lowest BCUT2D eigenvalue weighted by molar-refractivity contribution is 0.446. The highest BCUT2D eigenvalue weighted by atomic mass is 32.1. The van der Waals surface area contributed by atoms with Gasteiger partial charge in [0.15, 0.2) is 0 Å². The van der Waals surface area contributed by atoms with Crippen LogP contribution < -0.4 is 5.32 Å². The van der Waals surface area contributed by atoms with Gasteiger partial charge in [0.05, 0.1) is 0 Å². The van der Waals surface area contributed by atoms with E-state index in [-0.39, 0.29) is 0 Å². The molecule has 1 aromatic heterocycles. The molecule has 2 aliphatic carbocycles. The van der Waals surface area contributed by atoms with E-state index in [1.54, 1.807) is 4.88 Å². The van der Waals surface area contributed by atoms with Crippen LogP contribution in [0.15, 0.2) is 17.5 Å². The van der Waals surface area contributed by atoms with Crippen LogP contribution in [-0.4, -0.2) is 12.6 Å². The van der Waals surface area contributed by atoms with Gasteiger partial charge in [-0.05, 0) is 55.5 Å². The maximum atomic E-state index is 3.70. The van der Waals surface area contributed by atoms with Gasteiger partial charge < -0.3 is 5.32 Å². The highest BCUT2D eigenvalue weighted by Crippen LogP contribution is 2.41. The predicted octanol–water partition coefficient (Wildman–Crippen LogP) is 3.38. The zero-order valence-electron chi connectivity index (χ0n) is 9.11. The number of hydrogen-bond donors (Lipinski definition) is 1. The fourth-order valence-electron chi connectivity index (χ4n) is 2.76. The Balaban J connectivity index is 1.61. The molecule has 0 aromatic carbocycles. The lowest BCUT2D eigenvalue weighted by Crippen LogP contribution is -2.25. The molecule has 1 N–H and O–H groups in total. The summed E-state index contributed by atoms with van der Waals surface area (Å²) in [5, 5.41) is 5.92. The molecule has 82 valence electrons. The van der Waals surface area contributed by atoms with Crippen molar-refractivity contribution >= 4 is 11.3 Å². The zero-order chi connectivity index (χ0) is 10.1. The third-order valence-corrected chi connectivity index (χ3v) is 4.82. The number of thiophene rings is 1. The van der Waals surface area contributed by atoms with Crippen molar-refractivity contribution in [3.8, 4) is 0 Å². The maximum Gasteiger partial charge on any atom is 0.00794 e. The second-order valence-electron chi connectivity index (χ2n) is 5.00. The first-order valence-corrected chi connectivity index (χ1v) is 7.08. The smallest absolute Gasteiger partial charge is 0.00794 e. The molecule has 1 nitrogen and oxygen atoms in total. The van der Waals surface area contributed by atoms with Crippen molar-refractivity contribution < 1.29 is 0 Å². The lowest BCUT2D eigenvalue weighted by atomic mass is 9.94. The van der Waals surface area contributed by atoms with Crippen molar-refractivity contribution in [3.05, 3.63) is 22.4 Å². The molecule has 1 heterocycles. The standard InChI is InChI=1S/C13H19NS/c1-3-10(9-14-11-6-7-11)12(4-1)13-5-2-8-15-13/h2,5,8,10-12,14H,1,3-4,6-7,9H2. The minimum Gasteiger partial charge on any atom is -0.314 e. The van der Waals surface area contributed by atoms with Gasteiger partial charge in [-0.3, -0.25) is 0 Å². The van der Waals surface area contributed by atoms with Gasteiger partial charge >= 0.3 is 0 Å². The van der Waals surface area contributed by atoms with E-state index in [0.717, 1.165) is 17.9 Å². The van der Waals surface area contributed by atoms with Crippen molar-refractivity contribution in [1.29, 1.82) is 0 Å². The Labute approximate surface area is 95.9 Å². The number of rotatable bonds is 4. The molecule has 15 heavy (non-hydrogen) atoms. The minimum absolute atomic E-state index is 0.858. The van der Waals surface area contributed by atoms with Gasteiger partial charge in [-0.1, -0.05) is 12.5 Å². The lowest BCUT2D eigenvalue weighted by Gasteiger charge is -2.18. The SMILES string of the molecule is c1csc(C2CCCC2CNC2CC2)c1. The Morgan fingerprint density at radius 1 is 1.27 bits per heavy atom. The van der Waals surface area contributed by atoms with E-state index >= 15 is 0 Å². The van der Waals surface area contributed by atoms with E-state index in [9.17, 15) is 0 Å².